The molecular weight excluding hydrogens is 232 g/mol. The minimum Gasteiger partial charge on any atom is -0.478 e. The number of aromatic carboxylic acids is 1. The molecule has 16 heavy (non-hydrogen) atoms. The zero-order valence-electron chi connectivity index (χ0n) is 8.25. The van der Waals surface area contributed by atoms with E-state index in [1.54, 1.807) is 0 Å². The summed E-state index contributed by atoms with van der Waals surface area (Å²) in [5.74, 6) is -1.20. The summed E-state index contributed by atoms with van der Waals surface area (Å²) in [5.41, 5.74) is -0.140. The predicted octanol–water partition coefficient (Wildman–Crippen LogP) is 0.220. The summed E-state index contributed by atoms with van der Waals surface area (Å²) < 4.78 is 25.9. The summed E-state index contributed by atoms with van der Waals surface area (Å²) in [6, 6.07) is 1.08. The molecule has 1 fully saturated rings. The van der Waals surface area contributed by atoms with Gasteiger partial charge in [0.25, 0.3) is 0 Å². The fraction of sp³-hybridized carbons (Fsp3) is 0.333. The lowest BCUT2D eigenvalue weighted by Gasteiger charge is -2.05. The number of aromatic nitrogens is 1. The van der Waals surface area contributed by atoms with Crippen molar-refractivity contribution in [3.63, 3.8) is 0 Å². The number of nitrogens with zero attached hydrogens (tertiary/aromatic N) is 1. The summed E-state index contributed by atoms with van der Waals surface area (Å²) in [6.07, 6.45) is 3.90. The van der Waals surface area contributed by atoms with Gasteiger partial charge in [-0.15, -0.1) is 0 Å². The summed E-state index contributed by atoms with van der Waals surface area (Å²) >= 11 is 0. The third-order valence-corrected chi connectivity index (χ3v) is 3.66. The summed E-state index contributed by atoms with van der Waals surface area (Å²) in [5, 5.41) is 8.71. The molecule has 0 saturated heterocycles. The molecule has 1 aliphatic carbocycles. The Bertz CT molecular complexity index is 522. The maximum Gasteiger partial charge on any atom is 0.337 e. The Morgan fingerprint density at radius 3 is 2.69 bits per heavy atom. The summed E-state index contributed by atoms with van der Waals surface area (Å²) in [7, 11) is -3.63. The average molecular weight is 242 g/mol. The molecule has 2 rings (SSSR count). The molecule has 1 saturated carbocycles. The number of hydrogen-bond donors (Lipinski definition) is 2. The second kappa shape index (κ2) is 3.84. The summed E-state index contributed by atoms with van der Waals surface area (Å²) in [6.45, 7) is 0. The number of nitrogens with one attached hydrogen (secondary N) is 1. The van der Waals surface area contributed by atoms with Crippen LogP contribution in [0.15, 0.2) is 23.4 Å². The van der Waals surface area contributed by atoms with E-state index in [0.717, 1.165) is 31.3 Å². The first kappa shape index (κ1) is 11.0. The molecule has 0 radical (unpaired) electrons. The number of pyridine rings is 1. The monoisotopic (exact) mass is 242 g/mol. The number of hydrogen-bond acceptors (Lipinski definition) is 4. The second-order valence-electron chi connectivity index (χ2n) is 3.61. The van der Waals surface area contributed by atoms with Crippen molar-refractivity contribution in [3.8, 4) is 0 Å². The lowest BCUT2D eigenvalue weighted by molar-refractivity contribution is 0.0696. The standard InChI is InChI=1S/C9H10N2O4S/c12-9(13)6-3-8(5-10-4-6)16(14,15)11-7-1-2-7/h3-5,7,11H,1-2H2,(H,12,13). The molecule has 1 aromatic heterocycles. The SMILES string of the molecule is O=C(O)c1cncc(S(=O)(=O)NC2CC2)c1. The van der Waals surface area contributed by atoms with Crippen molar-refractivity contribution in [2.45, 2.75) is 23.8 Å². The van der Waals surface area contributed by atoms with Crippen LogP contribution in [0.3, 0.4) is 0 Å². The molecular formula is C9H10N2O4S. The van der Waals surface area contributed by atoms with E-state index < -0.39 is 16.0 Å². The normalized spacial score (nSPS) is 16.0. The van der Waals surface area contributed by atoms with Gasteiger partial charge in [-0.25, -0.2) is 17.9 Å². The third-order valence-electron chi connectivity index (χ3n) is 2.17. The Balaban J connectivity index is 2.31. The van der Waals surface area contributed by atoms with Gasteiger partial charge in [0.2, 0.25) is 10.0 Å². The van der Waals surface area contributed by atoms with Gasteiger partial charge >= 0.3 is 5.97 Å². The molecule has 6 nitrogen and oxygen atoms in total. The Kier molecular flexibility index (Phi) is 2.64. The molecule has 0 aliphatic heterocycles. The molecule has 1 heterocycles. The van der Waals surface area contributed by atoms with Crippen molar-refractivity contribution in [1.82, 2.24) is 9.71 Å². The quantitative estimate of drug-likeness (QED) is 0.787. The molecule has 0 aromatic carbocycles. The van der Waals surface area contributed by atoms with Crippen molar-refractivity contribution in [2.75, 3.05) is 0 Å². The van der Waals surface area contributed by atoms with Gasteiger partial charge in [0.15, 0.2) is 0 Å². The van der Waals surface area contributed by atoms with Gasteiger partial charge < -0.3 is 5.11 Å². The van der Waals surface area contributed by atoms with E-state index in [4.69, 9.17) is 5.11 Å². The van der Waals surface area contributed by atoms with Crippen molar-refractivity contribution in [3.05, 3.63) is 24.0 Å². The highest BCUT2D eigenvalue weighted by Crippen LogP contribution is 2.22. The maximum atomic E-state index is 11.7. The molecule has 0 spiro atoms. The first-order valence-corrected chi connectivity index (χ1v) is 6.18. The minimum atomic E-state index is -3.63. The number of sulfonamides is 1. The molecule has 0 unspecified atom stereocenters. The molecule has 1 aliphatic rings. The third kappa shape index (κ3) is 2.37. The molecule has 1 aromatic rings. The van der Waals surface area contributed by atoms with E-state index in [2.05, 4.69) is 9.71 Å². The van der Waals surface area contributed by atoms with Crippen LogP contribution in [0.25, 0.3) is 0 Å². The van der Waals surface area contributed by atoms with Crippen molar-refractivity contribution >= 4 is 16.0 Å². The number of carbonyl (C=O) groups is 1. The van der Waals surface area contributed by atoms with Crippen LogP contribution in [0.1, 0.15) is 23.2 Å². The number of carboxylic acids is 1. The van der Waals surface area contributed by atoms with Crippen molar-refractivity contribution < 1.29 is 18.3 Å². The zero-order valence-corrected chi connectivity index (χ0v) is 9.07. The number of rotatable bonds is 4. The molecule has 86 valence electrons. The predicted molar refractivity (Wildman–Crippen MR) is 54.5 cm³/mol. The molecule has 7 heteroatoms. The Morgan fingerprint density at radius 2 is 2.12 bits per heavy atom. The first-order valence-electron chi connectivity index (χ1n) is 4.70. The number of carboxylic acid groups (broad SMARTS) is 1. The maximum absolute atomic E-state index is 11.7. The van der Waals surface area contributed by atoms with Crippen LogP contribution < -0.4 is 4.72 Å². The second-order valence-corrected chi connectivity index (χ2v) is 5.32. The fourth-order valence-corrected chi connectivity index (χ4v) is 2.46. The van der Waals surface area contributed by atoms with E-state index in [1.807, 2.05) is 0 Å². The van der Waals surface area contributed by atoms with Gasteiger partial charge in [-0.3, -0.25) is 4.98 Å². The minimum absolute atomic E-state index is 0.0153. The van der Waals surface area contributed by atoms with Crippen molar-refractivity contribution in [2.24, 2.45) is 0 Å². The van der Waals surface area contributed by atoms with E-state index in [1.165, 1.54) is 0 Å². The van der Waals surface area contributed by atoms with Crippen LogP contribution in [0.2, 0.25) is 0 Å². The Labute approximate surface area is 92.4 Å². The lowest BCUT2D eigenvalue weighted by atomic mass is 10.3. The molecule has 0 atom stereocenters. The highest BCUT2D eigenvalue weighted by Gasteiger charge is 2.28. The average Bonchev–Trinajstić information content (AvgIpc) is 3.01. The van der Waals surface area contributed by atoms with Crippen LogP contribution in [0.4, 0.5) is 0 Å². The Morgan fingerprint density at radius 1 is 1.44 bits per heavy atom. The van der Waals surface area contributed by atoms with Crippen LogP contribution in [-0.2, 0) is 10.0 Å². The Hall–Kier alpha value is -1.47. The smallest absolute Gasteiger partial charge is 0.337 e. The lowest BCUT2D eigenvalue weighted by Crippen LogP contribution is -2.26. The fourth-order valence-electron chi connectivity index (χ4n) is 1.17. The summed E-state index contributed by atoms with van der Waals surface area (Å²) in [4.78, 5) is 14.1. The van der Waals surface area contributed by atoms with Crippen LogP contribution >= 0.6 is 0 Å². The van der Waals surface area contributed by atoms with Crippen molar-refractivity contribution in [1.29, 1.82) is 0 Å². The van der Waals surface area contributed by atoms with Gasteiger partial charge in [-0.1, -0.05) is 0 Å². The van der Waals surface area contributed by atoms with Gasteiger partial charge in [-0.05, 0) is 18.9 Å². The van der Waals surface area contributed by atoms with Gasteiger partial charge in [0.1, 0.15) is 4.90 Å². The van der Waals surface area contributed by atoms with E-state index in [9.17, 15) is 13.2 Å². The van der Waals surface area contributed by atoms with E-state index >= 15 is 0 Å². The zero-order chi connectivity index (χ0) is 11.8. The van der Waals surface area contributed by atoms with Gasteiger partial charge in [0.05, 0.1) is 5.56 Å². The first-order chi connectivity index (χ1) is 7.49. The van der Waals surface area contributed by atoms with Crippen LogP contribution in [0, 0.1) is 0 Å². The highest BCUT2D eigenvalue weighted by molar-refractivity contribution is 7.89. The molecule has 2 N–H and O–H groups in total. The van der Waals surface area contributed by atoms with Crippen LogP contribution in [0.5, 0.6) is 0 Å². The van der Waals surface area contributed by atoms with Crippen LogP contribution in [-0.4, -0.2) is 30.5 Å². The highest BCUT2D eigenvalue weighted by atomic mass is 32.2. The topological polar surface area (TPSA) is 96.4 Å². The van der Waals surface area contributed by atoms with E-state index in [0.29, 0.717) is 0 Å². The molecule has 0 amide bonds. The largest absolute Gasteiger partial charge is 0.478 e. The van der Waals surface area contributed by atoms with E-state index in [-0.39, 0.29) is 16.5 Å². The molecule has 0 bridgehead atoms. The van der Waals surface area contributed by atoms with Gasteiger partial charge in [0, 0.05) is 18.4 Å². The van der Waals surface area contributed by atoms with Gasteiger partial charge in [-0.2, -0.15) is 0 Å².